The van der Waals surface area contributed by atoms with E-state index in [0.29, 0.717) is 13.2 Å². The number of carbonyl (C=O) groups is 1. The van der Waals surface area contributed by atoms with Gasteiger partial charge in [0.1, 0.15) is 36.0 Å². The van der Waals surface area contributed by atoms with Crippen LogP contribution in [0.25, 0.3) is 0 Å². The number of benzene rings is 4. The summed E-state index contributed by atoms with van der Waals surface area (Å²) in [4.78, 5) is 13.0. The molecule has 3 fully saturated rings. The maximum absolute atomic E-state index is 13.0. The molecule has 10 nitrogen and oxygen atoms in total. The molecule has 3 saturated heterocycles. The standard InChI is InChI=1S/C45H52O10S/c1-4-56-45-30(2)38(40-37(53-45)29-50-43(55-40)35-23-15-8-16-24-35)54-44-42(51-31(3)46)41(49-27-34-21-13-7-14-22-34)39(48-26-33-19-11-6-12-20-33)36(52-44)28-47-25-32-17-9-5-10-18-32/h5-24,30,36-45H,4,25-29H2,1-3H3. The molecule has 7 rings (SSSR count). The van der Waals surface area contributed by atoms with Gasteiger partial charge in [0.25, 0.3) is 0 Å². The van der Waals surface area contributed by atoms with Gasteiger partial charge in [-0.1, -0.05) is 135 Å². The van der Waals surface area contributed by atoms with E-state index in [1.807, 2.05) is 121 Å². The van der Waals surface area contributed by atoms with Gasteiger partial charge in [-0.15, -0.1) is 11.8 Å². The third kappa shape index (κ3) is 10.5. The molecule has 0 N–H and O–H groups in total. The van der Waals surface area contributed by atoms with Crippen LogP contribution in [-0.2, 0) is 67.2 Å². The average molecular weight is 785 g/mol. The molecule has 4 aromatic rings. The molecule has 298 valence electrons. The molecule has 11 unspecified atom stereocenters. The normalized spacial score (nSPS) is 30.3. The zero-order valence-electron chi connectivity index (χ0n) is 32.1. The number of hydrogen-bond donors (Lipinski definition) is 0. The number of rotatable bonds is 16. The molecule has 0 saturated carbocycles. The van der Waals surface area contributed by atoms with Gasteiger partial charge in [-0.05, 0) is 22.4 Å². The van der Waals surface area contributed by atoms with E-state index in [2.05, 4.69) is 13.8 Å². The lowest BCUT2D eigenvalue weighted by molar-refractivity contribution is -0.367. The van der Waals surface area contributed by atoms with Crippen LogP contribution in [0.2, 0.25) is 0 Å². The first-order chi connectivity index (χ1) is 27.5. The van der Waals surface area contributed by atoms with Crippen molar-refractivity contribution in [3.63, 3.8) is 0 Å². The summed E-state index contributed by atoms with van der Waals surface area (Å²) in [7, 11) is 0. The van der Waals surface area contributed by atoms with Crippen molar-refractivity contribution in [2.75, 3.05) is 19.0 Å². The Morgan fingerprint density at radius 2 is 1.27 bits per heavy atom. The number of thioether (sulfide) groups is 1. The van der Waals surface area contributed by atoms with Gasteiger partial charge in [-0.3, -0.25) is 4.79 Å². The molecular formula is C45H52O10S. The molecule has 11 atom stereocenters. The van der Waals surface area contributed by atoms with Crippen molar-refractivity contribution in [1.82, 2.24) is 0 Å². The van der Waals surface area contributed by atoms with Gasteiger partial charge in [0.15, 0.2) is 18.7 Å². The second kappa shape index (κ2) is 20.2. The van der Waals surface area contributed by atoms with Crippen LogP contribution in [0.3, 0.4) is 0 Å². The van der Waals surface area contributed by atoms with Crippen molar-refractivity contribution in [1.29, 1.82) is 0 Å². The summed E-state index contributed by atoms with van der Waals surface area (Å²) in [5.74, 6) is 0.214. The predicted octanol–water partition coefficient (Wildman–Crippen LogP) is 7.64. The van der Waals surface area contributed by atoms with Crippen LogP contribution in [0.1, 0.15) is 49.3 Å². The fourth-order valence-electron chi connectivity index (χ4n) is 7.43. The summed E-state index contributed by atoms with van der Waals surface area (Å²) in [6.07, 6.45) is -6.29. The van der Waals surface area contributed by atoms with E-state index in [4.69, 9.17) is 42.6 Å². The second-order valence-corrected chi connectivity index (χ2v) is 15.7. The molecule has 3 aliphatic heterocycles. The summed E-state index contributed by atoms with van der Waals surface area (Å²) < 4.78 is 59.5. The van der Waals surface area contributed by atoms with Crippen LogP contribution in [0.5, 0.6) is 0 Å². The molecule has 0 aromatic heterocycles. The molecule has 3 heterocycles. The molecule has 0 bridgehead atoms. The molecule has 56 heavy (non-hydrogen) atoms. The Kier molecular flexibility index (Phi) is 14.6. The zero-order valence-corrected chi connectivity index (χ0v) is 32.9. The van der Waals surface area contributed by atoms with Crippen molar-refractivity contribution in [3.05, 3.63) is 144 Å². The molecule has 0 spiro atoms. The highest BCUT2D eigenvalue weighted by atomic mass is 32.2. The molecule has 3 aliphatic rings. The van der Waals surface area contributed by atoms with Gasteiger partial charge in [0, 0.05) is 18.4 Å². The largest absolute Gasteiger partial charge is 0.454 e. The van der Waals surface area contributed by atoms with Gasteiger partial charge in [0.05, 0.1) is 39.1 Å². The second-order valence-electron chi connectivity index (χ2n) is 14.3. The van der Waals surface area contributed by atoms with E-state index in [1.54, 1.807) is 11.8 Å². The summed E-state index contributed by atoms with van der Waals surface area (Å²) in [6, 6.07) is 39.6. The van der Waals surface area contributed by atoms with Crippen LogP contribution >= 0.6 is 11.8 Å². The first-order valence-corrected chi connectivity index (χ1v) is 20.5. The quantitative estimate of drug-likeness (QED) is 0.105. The number of hydrogen-bond acceptors (Lipinski definition) is 11. The van der Waals surface area contributed by atoms with Crippen molar-refractivity contribution in [2.45, 2.75) is 101 Å². The van der Waals surface area contributed by atoms with Crippen molar-refractivity contribution in [2.24, 2.45) is 5.92 Å². The fraction of sp³-hybridized carbons (Fsp3) is 0.444. The van der Waals surface area contributed by atoms with Gasteiger partial charge < -0.3 is 42.6 Å². The number of fused-ring (bicyclic) bond motifs is 1. The van der Waals surface area contributed by atoms with Crippen molar-refractivity contribution >= 4 is 17.7 Å². The van der Waals surface area contributed by atoms with Gasteiger partial charge in [-0.25, -0.2) is 0 Å². The minimum atomic E-state index is -1.07. The Labute approximate surface area is 334 Å². The smallest absolute Gasteiger partial charge is 0.303 e. The maximum Gasteiger partial charge on any atom is 0.303 e. The van der Waals surface area contributed by atoms with E-state index in [-0.39, 0.29) is 31.2 Å². The monoisotopic (exact) mass is 784 g/mol. The zero-order chi connectivity index (χ0) is 38.7. The van der Waals surface area contributed by atoms with Crippen LogP contribution in [-0.4, -0.2) is 79.4 Å². The highest BCUT2D eigenvalue weighted by Crippen LogP contribution is 2.42. The third-order valence-corrected chi connectivity index (χ3v) is 11.4. The molecule has 0 aliphatic carbocycles. The number of carbonyl (C=O) groups excluding carboxylic acids is 1. The Bertz CT molecular complexity index is 1750. The Hall–Kier alpha value is -3.62. The minimum Gasteiger partial charge on any atom is -0.454 e. The van der Waals surface area contributed by atoms with Gasteiger partial charge >= 0.3 is 5.97 Å². The lowest BCUT2D eigenvalue weighted by Crippen LogP contribution is -2.65. The minimum absolute atomic E-state index is 0.138. The first-order valence-electron chi connectivity index (χ1n) is 19.5. The maximum atomic E-state index is 13.0. The summed E-state index contributed by atoms with van der Waals surface area (Å²) in [6.45, 7) is 6.96. The first kappa shape index (κ1) is 40.6. The van der Waals surface area contributed by atoms with Crippen molar-refractivity contribution < 1.29 is 47.4 Å². The topological polar surface area (TPSA) is 100 Å². The van der Waals surface area contributed by atoms with Crippen LogP contribution in [0.15, 0.2) is 121 Å². The predicted molar refractivity (Wildman–Crippen MR) is 211 cm³/mol. The number of ether oxygens (including phenoxy) is 9. The summed E-state index contributed by atoms with van der Waals surface area (Å²) >= 11 is 1.71. The third-order valence-electron chi connectivity index (χ3n) is 10.2. The lowest BCUT2D eigenvalue weighted by Gasteiger charge is -2.51. The van der Waals surface area contributed by atoms with E-state index < -0.39 is 61.3 Å². The van der Waals surface area contributed by atoms with Gasteiger partial charge in [0.2, 0.25) is 0 Å². The molecule has 0 amide bonds. The van der Waals surface area contributed by atoms with Crippen LogP contribution in [0, 0.1) is 5.92 Å². The summed E-state index contributed by atoms with van der Waals surface area (Å²) in [5, 5.41) is 0. The highest BCUT2D eigenvalue weighted by molar-refractivity contribution is 7.99. The van der Waals surface area contributed by atoms with Crippen molar-refractivity contribution in [3.8, 4) is 0 Å². The van der Waals surface area contributed by atoms with Crippen LogP contribution < -0.4 is 0 Å². The Morgan fingerprint density at radius 1 is 0.696 bits per heavy atom. The van der Waals surface area contributed by atoms with E-state index in [9.17, 15) is 4.79 Å². The van der Waals surface area contributed by atoms with E-state index >= 15 is 0 Å². The molecule has 11 heteroatoms. The number of esters is 1. The Morgan fingerprint density at radius 3 is 1.86 bits per heavy atom. The lowest BCUT2D eigenvalue weighted by atomic mass is 9.91. The molecule has 4 aromatic carbocycles. The highest BCUT2D eigenvalue weighted by Gasteiger charge is 2.55. The van der Waals surface area contributed by atoms with Crippen LogP contribution in [0.4, 0.5) is 0 Å². The molecular weight excluding hydrogens is 733 g/mol. The Balaban J connectivity index is 1.22. The van der Waals surface area contributed by atoms with Gasteiger partial charge in [-0.2, -0.15) is 0 Å². The molecule has 0 radical (unpaired) electrons. The summed E-state index contributed by atoms with van der Waals surface area (Å²) in [5.41, 5.74) is 3.67. The average Bonchev–Trinajstić information content (AvgIpc) is 3.23. The SMILES string of the molecule is CCSC1OC2COC(c3ccccc3)OC2C(OC2OC(COCc3ccccc3)C(OCc3ccccc3)C(OCc3ccccc3)C2OC(C)=O)C1C. The fourth-order valence-corrected chi connectivity index (χ4v) is 8.44. The van der Waals surface area contributed by atoms with E-state index in [0.717, 1.165) is 28.0 Å². The van der Waals surface area contributed by atoms with E-state index in [1.165, 1.54) is 6.92 Å².